The summed E-state index contributed by atoms with van der Waals surface area (Å²) in [4.78, 5) is 11.6. The number of hydrogen-bond donors (Lipinski definition) is 1. The molecule has 2 N–H and O–H groups in total. The van der Waals surface area contributed by atoms with Gasteiger partial charge < -0.3 is 29.4 Å². The van der Waals surface area contributed by atoms with E-state index in [9.17, 15) is 4.79 Å². The zero-order chi connectivity index (χ0) is 20.5. The van der Waals surface area contributed by atoms with E-state index in [4.69, 9.17) is 29.4 Å². The Labute approximate surface area is 172 Å². The van der Waals surface area contributed by atoms with Gasteiger partial charge in [0, 0.05) is 38.5 Å². The van der Waals surface area contributed by atoms with Crippen molar-refractivity contribution in [1.29, 1.82) is 0 Å². The minimum Gasteiger partial charge on any atom is -0.467 e. The van der Waals surface area contributed by atoms with Crippen molar-refractivity contribution in [2.24, 2.45) is 5.73 Å². The van der Waals surface area contributed by atoms with Crippen LogP contribution in [0.5, 0.6) is 11.5 Å². The number of carbonyl (C=O) groups excluding carboxylic acids is 1. The van der Waals surface area contributed by atoms with Crippen molar-refractivity contribution in [3.8, 4) is 22.6 Å². The van der Waals surface area contributed by atoms with E-state index in [1.54, 1.807) is 45.6 Å². The van der Waals surface area contributed by atoms with E-state index < -0.39 is 5.91 Å². The van der Waals surface area contributed by atoms with Gasteiger partial charge >= 0.3 is 0 Å². The molecule has 0 spiro atoms. The molecule has 0 fully saturated rings. The summed E-state index contributed by atoms with van der Waals surface area (Å²) in [6, 6.07) is 8.82. The molecule has 0 saturated heterocycles. The molecule has 0 aliphatic carbocycles. The van der Waals surface area contributed by atoms with Gasteiger partial charge in [-0.15, -0.1) is 0 Å². The molecule has 0 saturated carbocycles. The Morgan fingerprint density at radius 1 is 1.00 bits per heavy atom. The minimum atomic E-state index is -0.501. The summed E-state index contributed by atoms with van der Waals surface area (Å²) in [6.45, 7) is 0.624. The van der Waals surface area contributed by atoms with E-state index in [2.05, 4.69) is 15.9 Å². The fraction of sp³-hybridized carbons (Fsp3) is 0.350. The van der Waals surface area contributed by atoms with E-state index in [1.165, 1.54) is 0 Å². The van der Waals surface area contributed by atoms with Crippen LogP contribution in [0.1, 0.15) is 15.9 Å². The van der Waals surface area contributed by atoms with Crippen molar-refractivity contribution in [1.82, 2.24) is 0 Å². The van der Waals surface area contributed by atoms with E-state index in [0.717, 1.165) is 21.2 Å². The summed E-state index contributed by atoms with van der Waals surface area (Å²) in [6.07, 6.45) is 0.584. The largest absolute Gasteiger partial charge is 0.467 e. The standard InChI is InChI=1S/C20H24BrNO6/c1-24-8-7-15-18(13-5-4-6-14(9-13)20(22)23)16(27-11-25-2)10-17(19(15)21)28-12-26-3/h4-6,9-10H,7-8,11-12H2,1-3H3,(H2,22,23). The van der Waals surface area contributed by atoms with Crippen molar-refractivity contribution < 1.29 is 28.5 Å². The van der Waals surface area contributed by atoms with Gasteiger partial charge in [-0.2, -0.15) is 0 Å². The van der Waals surface area contributed by atoms with E-state index in [-0.39, 0.29) is 13.6 Å². The highest BCUT2D eigenvalue weighted by Gasteiger charge is 2.21. The molecule has 0 radical (unpaired) electrons. The molecule has 0 atom stereocenters. The van der Waals surface area contributed by atoms with Crippen LogP contribution in [0, 0.1) is 0 Å². The smallest absolute Gasteiger partial charge is 0.248 e. The number of rotatable bonds is 11. The number of ether oxygens (including phenoxy) is 5. The summed E-state index contributed by atoms with van der Waals surface area (Å²) in [5.41, 5.74) is 8.35. The lowest BCUT2D eigenvalue weighted by Gasteiger charge is -2.20. The number of methoxy groups -OCH3 is 3. The molecule has 2 aromatic carbocycles. The van der Waals surface area contributed by atoms with Crippen LogP contribution in [0.15, 0.2) is 34.8 Å². The molecule has 0 aromatic heterocycles. The van der Waals surface area contributed by atoms with Gasteiger partial charge in [-0.1, -0.05) is 12.1 Å². The van der Waals surface area contributed by atoms with Gasteiger partial charge in [0.15, 0.2) is 13.6 Å². The average Bonchev–Trinajstić information content (AvgIpc) is 2.70. The molecular formula is C20H24BrNO6. The summed E-state index contributed by atoms with van der Waals surface area (Å²) >= 11 is 3.63. The lowest BCUT2D eigenvalue weighted by Crippen LogP contribution is -2.11. The molecule has 28 heavy (non-hydrogen) atoms. The number of carbonyl (C=O) groups is 1. The van der Waals surface area contributed by atoms with E-state index >= 15 is 0 Å². The lowest BCUT2D eigenvalue weighted by molar-refractivity contribution is 0.0458. The lowest BCUT2D eigenvalue weighted by atomic mass is 9.95. The zero-order valence-corrected chi connectivity index (χ0v) is 17.7. The van der Waals surface area contributed by atoms with Crippen LogP contribution in [0.25, 0.3) is 11.1 Å². The number of hydrogen-bond acceptors (Lipinski definition) is 6. The van der Waals surface area contributed by atoms with Crippen LogP contribution in [-0.4, -0.2) is 47.4 Å². The molecule has 8 heteroatoms. The van der Waals surface area contributed by atoms with Crippen LogP contribution in [0.3, 0.4) is 0 Å². The second-order valence-electron chi connectivity index (χ2n) is 5.83. The van der Waals surface area contributed by atoms with Gasteiger partial charge in [-0.25, -0.2) is 0 Å². The Hall–Kier alpha value is -2.13. The summed E-state index contributed by atoms with van der Waals surface area (Å²) in [5, 5.41) is 0. The Balaban J connectivity index is 2.69. The Morgan fingerprint density at radius 3 is 2.29 bits per heavy atom. The molecule has 1 amide bonds. The zero-order valence-electron chi connectivity index (χ0n) is 16.1. The van der Waals surface area contributed by atoms with E-state index in [1.807, 2.05) is 6.07 Å². The van der Waals surface area contributed by atoms with Crippen LogP contribution >= 0.6 is 15.9 Å². The molecule has 2 aromatic rings. The highest BCUT2D eigenvalue weighted by molar-refractivity contribution is 9.10. The number of nitrogens with two attached hydrogens (primary N) is 1. The number of primary amides is 1. The third-order valence-corrected chi connectivity index (χ3v) is 4.82. The number of halogens is 1. The van der Waals surface area contributed by atoms with Gasteiger partial charge in [-0.05, 0) is 45.6 Å². The first-order chi connectivity index (χ1) is 13.5. The van der Waals surface area contributed by atoms with Gasteiger partial charge in [0.25, 0.3) is 0 Å². The molecule has 0 aliphatic rings. The summed E-state index contributed by atoms with van der Waals surface area (Å²) < 4.78 is 27.6. The average molecular weight is 454 g/mol. The number of benzene rings is 2. The number of amides is 1. The maximum Gasteiger partial charge on any atom is 0.248 e. The Kier molecular flexibility index (Phi) is 8.72. The monoisotopic (exact) mass is 453 g/mol. The Morgan fingerprint density at radius 2 is 1.68 bits per heavy atom. The van der Waals surface area contributed by atoms with Crippen molar-refractivity contribution in [2.45, 2.75) is 6.42 Å². The quantitative estimate of drug-likeness (QED) is 0.524. The predicted octanol–water partition coefficient (Wildman–Crippen LogP) is 3.37. The van der Waals surface area contributed by atoms with Gasteiger partial charge in [0.05, 0.1) is 11.1 Å². The van der Waals surface area contributed by atoms with Crippen LogP contribution in [-0.2, 0) is 20.6 Å². The predicted molar refractivity (Wildman–Crippen MR) is 109 cm³/mol. The Bertz CT molecular complexity index is 812. The molecule has 0 unspecified atom stereocenters. The van der Waals surface area contributed by atoms with Crippen LogP contribution < -0.4 is 15.2 Å². The summed E-state index contributed by atoms with van der Waals surface area (Å²) in [5.74, 6) is 0.608. The van der Waals surface area contributed by atoms with Gasteiger partial charge in [-0.3, -0.25) is 4.79 Å². The molecular weight excluding hydrogens is 430 g/mol. The van der Waals surface area contributed by atoms with Gasteiger partial charge in [0.2, 0.25) is 5.91 Å². The second kappa shape index (κ2) is 11.0. The third-order valence-electron chi connectivity index (χ3n) is 3.95. The first kappa shape index (κ1) is 22.2. The SMILES string of the molecule is COCCc1c(Br)c(OCOC)cc(OCOC)c1-c1cccc(C(N)=O)c1. The van der Waals surface area contributed by atoms with Crippen molar-refractivity contribution >= 4 is 21.8 Å². The maximum absolute atomic E-state index is 11.6. The highest BCUT2D eigenvalue weighted by atomic mass is 79.9. The summed E-state index contributed by atoms with van der Waals surface area (Å²) in [7, 11) is 4.72. The molecule has 2 rings (SSSR count). The first-order valence-corrected chi connectivity index (χ1v) is 9.30. The van der Waals surface area contributed by atoms with Crippen molar-refractivity contribution in [2.75, 3.05) is 41.5 Å². The highest BCUT2D eigenvalue weighted by Crippen LogP contribution is 2.44. The van der Waals surface area contributed by atoms with Crippen LogP contribution in [0.4, 0.5) is 0 Å². The minimum absolute atomic E-state index is 0.0532. The molecule has 0 aliphatic heterocycles. The molecule has 152 valence electrons. The van der Waals surface area contributed by atoms with Crippen molar-refractivity contribution in [3.63, 3.8) is 0 Å². The topological polar surface area (TPSA) is 89.2 Å². The molecule has 7 nitrogen and oxygen atoms in total. The third kappa shape index (κ3) is 5.45. The second-order valence-corrected chi connectivity index (χ2v) is 6.62. The molecule has 0 heterocycles. The van der Waals surface area contributed by atoms with Gasteiger partial charge in [0.1, 0.15) is 11.5 Å². The maximum atomic E-state index is 11.6. The molecule has 0 bridgehead atoms. The van der Waals surface area contributed by atoms with Crippen molar-refractivity contribution in [3.05, 3.63) is 45.9 Å². The van der Waals surface area contributed by atoms with E-state index in [0.29, 0.717) is 30.1 Å². The van der Waals surface area contributed by atoms with Crippen LogP contribution in [0.2, 0.25) is 0 Å². The fourth-order valence-electron chi connectivity index (χ4n) is 2.71. The fourth-order valence-corrected chi connectivity index (χ4v) is 3.33. The first-order valence-electron chi connectivity index (χ1n) is 8.51. The normalized spacial score (nSPS) is 10.7.